The SMILES string of the molecule is Cc1ccc2cc3ccccc3cc2c1.[Cr]. The molecule has 0 aliphatic rings. The fraction of sp³-hybridized carbons (Fsp3) is 0.0667. The summed E-state index contributed by atoms with van der Waals surface area (Å²) in [4.78, 5) is 0. The summed E-state index contributed by atoms with van der Waals surface area (Å²) < 4.78 is 0. The molecule has 0 aliphatic carbocycles. The second kappa shape index (κ2) is 4.30. The van der Waals surface area contributed by atoms with Crippen LogP contribution >= 0.6 is 0 Å². The third-order valence-electron chi connectivity index (χ3n) is 2.86. The van der Waals surface area contributed by atoms with E-state index >= 15 is 0 Å². The third-order valence-corrected chi connectivity index (χ3v) is 2.86. The molecule has 0 heterocycles. The normalized spacial score (nSPS) is 10.3. The van der Waals surface area contributed by atoms with Gasteiger partial charge in [-0.05, 0) is 40.6 Å². The Labute approximate surface area is 106 Å². The van der Waals surface area contributed by atoms with Crippen molar-refractivity contribution in [2.24, 2.45) is 0 Å². The number of hydrogen-bond acceptors (Lipinski definition) is 0. The van der Waals surface area contributed by atoms with E-state index in [0.717, 1.165) is 0 Å². The van der Waals surface area contributed by atoms with Gasteiger partial charge in [0.25, 0.3) is 0 Å². The average Bonchev–Trinajstić information content (AvgIpc) is 2.26. The summed E-state index contributed by atoms with van der Waals surface area (Å²) in [6, 6.07) is 19.6. The molecule has 0 saturated heterocycles. The molecular formula is C15H12Cr. The Morgan fingerprint density at radius 2 is 1.19 bits per heavy atom. The van der Waals surface area contributed by atoms with Gasteiger partial charge in [0.2, 0.25) is 0 Å². The van der Waals surface area contributed by atoms with Crippen LogP contribution in [0.3, 0.4) is 0 Å². The zero-order valence-corrected chi connectivity index (χ0v) is 10.4. The number of benzene rings is 3. The van der Waals surface area contributed by atoms with Crippen molar-refractivity contribution in [2.75, 3.05) is 0 Å². The molecule has 0 aliphatic heterocycles. The Bertz CT molecular complexity index is 641. The first-order chi connectivity index (χ1) is 7.33. The van der Waals surface area contributed by atoms with Crippen molar-refractivity contribution in [1.29, 1.82) is 0 Å². The molecule has 0 saturated carbocycles. The minimum Gasteiger partial charge on any atom is -0.0616 e. The van der Waals surface area contributed by atoms with Crippen molar-refractivity contribution in [3.8, 4) is 0 Å². The fourth-order valence-corrected chi connectivity index (χ4v) is 2.06. The molecular weight excluding hydrogens is 232 g/mol. The molecule has 0 unspecified atom stereocenters. The number of aryl methyl sites for hydroxylation is 1. The average molecular weight is 244 g/mol. The molecule has 3 aromatic rings. The molecule has 0 fully saturated rings. The van der Waals surface area contributed by atoms with Crippen LogP contribution in [0.5, 0.6) is 0 Å². The van der Waals surface area contributed by atoms with Gasteiger partial charge in [0.1, 0.15) is 0 Å². The summed E-state index contributed by atoms with van der Waals surface area (Å²) >= 11 is 0. The van der Waals surface area contributed by atoms with Crippen LogP contribution in [-0.4, -0.2) is 0 Å². The van der Waals surface area contributed by atoms with Gasteiger partial charge in [-0.2, -0.15) is 0 Å². The van der Waals surface area contributed by atoms with E-state index in [1.54, 1.807) is 0 Å². The third kappa shape index (κ3) is 1.85. The molecule has 0 N–H and O–H groups in total. The van der Waals surface area contributed by atoms with Crippen LogP contribution in [0.4, 0.5) is 0 Å². The second-order valence-electron chi connectivity index (χ2n) is 4.05. The van der Waals surface area contributed by atoms with Gasteiger partial charge in [0.15, 0.2) is 0 Å². The Kier molecular flexibility index (Phi) is 3.01. The summed E-state index contributed by atoms with van der Waals surface area (Å²) in [5, 5.41) is 5.28. The quantitative estimate of drug-likeness (QED) is 0.517. The maximum absolute atomic E-state index is 2.26. The maximum Gasteiger partial charge on any atom is 0 e. The smallest absolute Gasteiger partial charge is 0 e. The van der Waals surface area contributed by atoms with Crippen LogP contribution in [-0.2, 0) is 17.4 Å². The van der Waals surface area contributed by atoms with Gasteiger partial charge in [-0.25, -0.2) is 0 Å². The van der Waals surface area contributed by atoms with E-state index in [0.29, 0.717) is 0 Å². The summed E-state index contributed by atoms with van der Waals surface area (Å²) in [5.74, 6) is 0. The summed E-state index contributed by atoms with van der Waals surface area (Å²) in [7, 11) is 0. The van der Waals surface area contributed by atoms with Crippen LogP contribution in [0.15, 0.2) is 54.6 Å². The topological polar surface area (TPSA) is 0 Å². The minimum atomic E-state index is 0. The molecule has 0 amide bonds. The molecule has 0 aromatic heterocycles. The van der Waals surface area contributed by atoms with Gasteiger partial charge in [0, 0.05) is 17.4 Å². The molecule has 16 heavy (non-hydrogen) atoms. The van der Waals surface area contributed by atoms with Gasteiger partial charge in [-0.15, -0.1) is 0 Å². The van der Waals surface area contributed by atoms with E-state index < -0.39 is 0 Å². The number of hydrogen-bond donors (Lipinski definition) is 0. The second-order valence-corrected chi connectivity index (χ2v) is 4.05. The van der Waals surface area contributed by atoms with E-state index in [9.17, 15) is 0 Å². The van der Waals surface area contributed by atoms with Crippen LogP contribution < -0.4 is 0 Å². The van der Waals surface area contributed by atoms with E-state index in [1.165, 1.54) is 27.1 Å². The molecule has 0 bridgehead atoms. The van der Waals surface area contributed by atoms with Crippen LogP contribution in [0.1, 0.15) is 5.56 Å². The van der Waals surface area contributed by atoms with Crippen molar-refractivity contribution < 1.29 is 17.4 Å². The zero-order chi connectivity index (χ0) is 10.3. The van der Waals surface area contributed by atoms with E-state index in [1.807, 2.05) is 0 Å². The van der Waals surface area contributed by atoms with Gasteiger partial charge in [-0.1, -0.05) is 48.0 Å². The zero-order valence-electron chi connectivity index (χ0n) is 9.10. The summed E-state index contributed by atoms with van der Waals surface area (Å²) in [5.41, 5.74) is 1.32. The fourth-order valence-electron chi connectivity index (χ4n) is 2.06. The van der Waals surface area contributed by atoms with Crippen molar-refractivity contribution in [3.63, 3.8) is 0 Å². The maximum atomic E-state index is 2.26. The predicted molar refractivity (Wildman–Crippen MR) is 66.2 cm³/mol. The van der Waals surface area contributed by atoms with Crippen molar-refractivity contribution in [3.05, 3.63) is 60.2 Å². The van der Waals surface area contributed by atoms with Crippen molar-refractivity contribution in [1.82, 2.24) is 0 Å². The Balaban J connectivity index is 0.000000963. The first kappa shape index (κ1) is 11.2. The first-order valence-corrected chi connectivity index (χ1v) is 5.22. The van der Waals surface area contributed by atoms with Gasteiger partial charge in [0.05, 0.1) is 0 Å². The standard InChI is InChI=1S/C15H12.Cr/c1-11-6-7-14-9-12-4-2-3-5-13(12)10-15(14)8-11;/h2-10H,1H3;. The van der Waals surface area contributed by atoms with E-state index in [4.69, 9.17) is 0 Å². The predicted octanol–water partition coefficient (Wildman–Crippen LogP) is 4.30. The summed E-state index contributed by atoms with van der Waals surface area (Å²) in [6.45, 7) is 2.13. The monoisotopic (exact) mass is 244 g/mol. The van der Waals surface area contributed by atoms with Gasteiger partial charge in [-0.3, -0.25) is 0 Å². The summed E-state index contributed by atoms with van der Waals surface area (Å²) in [6.07, 6.45) is 0. The van der Waals surface area contributed by atoms with Gasteiger partial charge >= 0.3 is 0 Å². The molecule has 3 aromatic carbocycles. The van der Waals surface area contributed by atoms with E-state index in [-0.39, 0.29) is 17.4 Å². The van der Waals surface area contributed by atoms with Crippen LogP contribution in [0, 0.1) is 6.92 Å². The number of fused-ring (bicyclic) bond motifs is 2. The van der Waals surface area contributed by atoms with E-state index in [2.05, 4.69) is 61.5 Å². The van der Waals surface area contributed by atoms with Crippen LogP contribution in [0.2, 0.25) is 0 Å². The molecule has 0 spiro atoms. The molecule has 3 rings (SSSR count). The van der Waals surface area contributed by atoms with Gasteiger partial charge < -0.3 is 0 Å². The Morgan fingerprint density at radius 1 is 0.625 bits per heavy atom. The molecule has 1 heteroatoms. The molecule has 0 nitrogen and oxygen atoms in total. The first-order valence-electron chi connectivity index (χ1n) is 5.22. The molecule has 0 atom stereocenters. The minimum absolute atomic E-state index is 0. The Morgan fingerprint density at radius 3 is 1.88 bits per heavy atom. The van der Waals surface area contributed by atoms with Crippen molar-refractivity contribution in [2.45, 2.75) is 6.92 Å². The molecule has 0 radical (unpaired) electrons. The molecule has 78 valence electrons. The van der Waals surface area contributed by atoms with Crippen molar-refractivity contribution >= 4 is 21.5 Å². The van der Waals surface area contributed by atoms with Crippen LogP contribution in [0.25, 0.3) is 21.5 Å². The number of rotatable bonds is 0. The largest absolute Gasteiger partial charge is 0.0616 e. The Hall–Kier alpha value is -1.29.